The van der Waals surface area contributed by atoms with Gasteiger partial charge >= 0.3 is 0 Å². The second kappa shape index (κ2) is 8.93. The standard InChI is InChI=1S/C23H22BrNO3/c1-15-9-16(2)11-21(10-15)28-14-18-12-17(7-8-22(18)27-3)23(26)25-20-6-4-5-19(24)13-20/h4-13H,14H2,1-3H3,(H,25,26). The van der Waals surface area contributed by atoms with Crippen molar-refractivity contribution in [1.82, 2.24) is 0 Å². The number of halogens is 1. The van der Waals surface area contributed by atoms with E-state index in [2.05, 4.69) is 27.3 Å². The zero-order chi connectivity index (χ0) is 20.1. The first-order valence-electron chi connectivity index (χ1n) is 8.89. The van der Waals surface area contributed by atoms with E-state index in [4.69, 9.17) is 9.47 Å². The van der Waals surface area contributed by atoms with Gasteiger partial charge in [0.15, 0.2) is 0 Å². The van der Waals surface area contributed by atoms with E-state index in [0.717, 1.165) is 32.6 Å². The van der Waals surface area contributed by atoms with E-state index in [0.29, 0.717) is 17.9 Å². The molecule has 0 saturated carbocycles. The van der Waals surface area contributed by atoms with E-state index in [1.165, 1.54) is 0 Å². The number of amides is 1. The Morgan fingerprint density at radius 1 is 1.00 bits per heavy atom. The maximum absolute atomic E-state index is 12.6. The summed E-state index contributed by atoms with van der Waals surface area (Å²) in [5.74, 6) is 1.29. The fraction of sp³-hybridized carbons (Fsp3) is 0.174. The van der Waals surface area contributed by atoms with Crippen LogP contribution < -0.4 is 14.8 Å². The molecule has 3 aromatic carbocycles. The second-order valence-electron chi connectivity index (χ2n) is 6.60. The summed E-state index contributed by atoms with van der Waals surface area (Å²) in [5.41, 5.74) is 4.36. The van der Waals surface area contributed by atoms with Crippen molar-refractivity contribution in [2.24, 2.45) is 0 Å². The highest BCUT2D eigenvalue weighted by molar-refractivity contribution is 9.10. The number of benzene rings is 3. The predicted molar refractivity (Wildman–Crippen MR) is 115 cm³/mol. The third kappa shape index (κ3) is 5.14. The first-order valence-corrected chi connectivity index (χ1v) is 9.69. The van der Waals surface area contributed by atoms with Crippen molar-refractivity contribution in [2.75, 3.05) is 12.4 Å². The number of hydrogen-bond acceptors (Lipinski definition) is 3. The Bertz CT molecular complexity index is 981. The van der Waals surface area contributed by atoms with E-state index in [1.54, 1.807) is 25.3 Å². The molecule has 0 spiro atoms. The lowest BCUT2D eigenvalue weighted by atomic mass is 10.1. The fourth-order valence-corrected chi connectivity index (χ4v) is 3.38. The monoisotopic (exact) mass is 439 g/mol. The van der Waals surface area contributed by atoms with Crippen LogP contribution in [0.1, 0.15) is 27.0 Å². The zero-order valence-electron chi connectivity index (χ0n) is 16.1. The molecule has 3 aromatic rings. The lowest BCUT2D eigenvalue weighted by Crippen LogP contribution is -2.12. The Morgan fingerprint density at radius 3 is 2.43 bits per heavy atom. The van der Waals surface area contributed by atoms with Gasteiger partial charge in [-0.3, -0.25) is 4.79 Å². The summed E-state index contributed by atoms with van der Waals surface area (Å²) in [6, 6.07) is 18.9. The van der Waals surface area contributed by atoms with Crippen LogP contribution in [0.4, 0.5) is 5.69 Å². The van der Waals surface area contributed by atoms with Crippen LogP contribution in [0.25, 0.3) is 0 Å². The quantitative estimate of drug-likeness (QED) is 0.519. The smallest absolute Gasteiger partial charge is 0.255 e. The molecule has 3 rings (SSSR count). The number of nitrogens with one attached hydrogen (secondary N) is 1. The maximum atomic E-state index is 12.6. The molecule has 0 atom stereocenters. The Labute approximate surface area is 173 Å². The van der Waals surface area contributed by atoms with Gasteiger partial charge in [-0.25, -0.2) is 0 Å². The molecule has 0 aromatic heterocycles. The van der Waals surface area contributed by atoms with Gasteiger partial charge in [0.05, 0.1) is 7.11 Å². The molecule has 5 heteroatoms. The SMILES string of the molecule is COc1ccc(C(=O)Nc2cccc(Br)c2)cc1COc1cc(C)cc(C)c1. The molecule has 1 amide bonds. The van der Waals surface area contributed by atoms with Crippen molar-refractivity contribution in [3.8, 4) is 11.5 Å². The van der Waals surface area contributed by atoms with Gasteiger partial charge < -0.3 is 14.8 Å². The first-order chi connectivity index (χ1) is 13.4. The van der Waals surface area contributed by atoms with Crippen LogP contribution in [-0.2, 0) is 6.61 Å². The summed E-state index contributed by atoms with van der Waals surface area (Å²) >= 11 is 3.41. The number of rotatable bonds is 6. The number of aryl methyl sites for hydroxylation is 2. The van der Waals surface area contributed by atoms with E-state index in [1.807, 2.05) is 50.2 Å². The number of hydrogen-bond donors (Lipinski definition) is 1. The largest absolute Gasteiger partial charge is 0.496 e. The minimum Gasteiger partial charge on any atom is -0.496 e. The average Bonchev–Trinajstić information content (AvgIpc) is 2.65. The van der Waals surface area contributed by atoms with Crippen molar-refractivity contribution >= 4 is 27.5 Å². The Balaban J connectivity index is 1.78. The van der Waals surface area contributed by atoms with Gasteiger partial charge in [0.1, 0.15) is 18.1 Å². The topological polar surface area (TPSA) is 47.6 Å². The van der Waals surface area contributed by atoms with Crippen molar-refractivity contribution in [2.45, 2.75) is 20.5 Å². The van der Waals surface area contributed by atoms with Gasteiger partial charge in [-0.2, -0.15) is 0 Å². The van der Waals surface area contributed by atoms with Crippen LogP contribution in [-0.4, -0.2) is 13.0 Å². The molecule has 0 aliphatic carbocycles. The summed E-state index contributed by atoms with van der Waals surface area (Å²) < 4.78 is 12.3. The summed E-state index contributed by atoms with van der Waals surface area (Å²) in [6.07, 6.45) is 0. The van der Waals surface area contributed by atoms with Gasteiger partial charge in [-0.05, 0) is 73.5 Å². The lowest BCUT2D eigenvalue weighted by molar-refractivity contribution is 0.102. The van der Waals surface area contributed by atoms with Crippen LogP contribution in [0, 0.1) is 13.8 Å². The lowest BCUT2D eigenvalue weighted by Gasteiger charge is -2.13. The third-order valence-electron chi connectivity index (χ3n) is 4.21. The first kappa shape index (κ1) is 20.0. The normalized spacial score (nSPS) is 10.4. The van der Waals surface area contributed by atoms with Gasteiger partial charge in [-0.1, -0.05) is 28.1 Å². The molecular formula is C23H22BrNO3. The van der Waals surface area contributed by atoms with E-state index in [9.17, 15) is 4.79 Å². The van der Waals surface area contributed by atoms with E-state index < -0.39 is 0 Å². The van der Waals surface area contributed by atoms with Crippen LogP contribution >= 0.6 is 15.9 Å². The molecule has 28 heavy (non-hydrogen) atoms. The Morgan fingerprint density at radius 2 is 1.75 bits per heavy atom. The van der Waals surface area contributed by atoms with E-state index >= 15 is 0 Å². The zero-order valence-corrected chi connectivity index (χ0v) is 17.7. The molecule has 0 heterocycles. The molecular weight excluding hydrogens is 418 g/mol. The Kier molecular flexibility index (Phi) is 6.37. The molecule has 0 aliphatic heterocycles. The molecule has 0 aliphatic rings. The molecule has 0 bridgehead atoms. The van der Waals surface area contributed by atoms with Gasteiger partial charge in [0.2, 0.25) is 0 Å². The fourth-order valence-electron chi connectivity index (χ4n) is 2.98. The molecule has 4 nitrogen and oxygen atoms in total. The Hall–Kier alpha value is -2.79. The summed E-state index contributed by atoms with van der Waals surface area (Å²) in [4.78, 5) is 12.6. The minimum absolute atomic E-state index is 0.187. The second-order valence-corrected chi connectivity index (χ2v) is 7.52. The predicted octanol–water partition coefficient (Wildman–Crippen LogP) is 5.91. The van der Waals surface area contributed by atoms with Crippen molar-refractivity contribution in [1.29, 1.82) is 0 Å². The highest BCUT2D eigenvalue weighted by Gasteiger charge is 2.12. The summed E-state index contributed by atoms with van der Waals surface area (Å²) in [5, 5.41) is 2.90. The van der Waals surface area contributed by atoms with Gasteiger partial charge in [0.25, 0.3) is 5.91 Å². The number of methoxy groups -OCH3 is 1. The molecule has 0 saturated heterocycles. The number of carbonyl (C=O) groups is 1. The third-order valence-corrected chi connectivity index (χ3v) is 4.71. The minimum atomic E-state index is -0.187. The van der Waals surface area contributed by atoms with E-state index in [-0.39, 0.29) is 5.91 Å². The molecule has 0 fully saturated rings. The highest BCUT2D eigenvalue weighted by Crippen LogP contribution is 2.24. The van der Waals surface area contributed by atoms with Crippen LogP contribution in [0.2, 0.25) is 0 Å². The maximum Gasteiger partial charge on any atom is 0.255 e. The summed E-state index contributed by atoms with van der Waals surface area (Å²) in [6.45, 7) is 4.38. The van der Waals surface area contributed by atoms with Gasteiger partial charge in [0, 0.05) is 21.3 Å². The van der Waals surface area contributed by atoms with Gasteiger partial charge in [-0.15, -0.1) is 0 Å². The number of carbonyl (C=O) groups excluding carboxylic acids is 1. The molecule has 0 radical (unpaired) electrons. The number of anilines is 1. The van der Waals surface area contributed by atoms with Crippen molar-refractivity contribution in [3.63, 3.8) is 0 Å². The molecule has 144 valence electrons. The van der Waals surface area contributed by atoms with Crippen LogP contribution in [0.15, 0.2) is 65.1 Å². The van der Waals surface area contributed by atoms with Crippen molar-refractivity contribution in [3.05, 3.63) is 87.4 Å². The molecule has 0 unspecified atom stereocenters. The number of ether oxygens (including phenoxy) is 2. The van der Waals surface area contributed by atoms with Crippen LogP contribution in [0.3, 0.4) is 0 Å². The average molecular weight is 440 g/mol. The highest BCUT2D eigenvalue weighted by atomic mass is 79.9. The van der Waals surface area contributed by atoms with Crippen LogP contribution in [0.5, 0.6) is 11.5 Å². The van der Waals surface area contributed by atoms with Crippen molar-refractivity contribution < 1.29 is 14.3 Å². The molecule has 1 N–H and O–H groups in total. The summed E-state index contributed by atoms with van der Waals surface area (Å²) in [7, 11) is 1.61.